The summed E-state index contributed by atoms with van der Waals surface area (Å²) in [6.07, 6.45) is -3.05. The van der Waals surface area contributed by atoms with Crippen molar-refractivity contribution in [1.82, 2.24) is 10.6 Å². The lowest BCUT2D eigenvalue weighted by atomic mass is 10.1. The standard InChI is InChI=1S/C22H20F4N2O4/c23-17-10-15(9-16(11-17)22(24,25)26)19(29)28-18(13-5-6-13)20(30)27-8-7-12-1-3-14(4-2-12)21(31)32/h1-4,9-11,13,18H,5-8H2,(H,27,30)(H,28,29)(H,31,32). The Bertz CT molecular complexity index is 1020. The van der Waals surface area contributed by atoms with Crippen LogP contribution < -0.4 is 10.6 Å². The number of nitrogens with one attached hydrogen (secondary N) is 2. The molecule has 1 atom stereocenters. The summed E-state index contributed by atoms with van der Waals surface area (Å²) in [6.45, 7) is 0.211. The van der Waals surface area contributed by atoms with E-state index in [0.29, 0.717) is 37.5 Å². The van der Waals surface area contributed by atoms with E-state index >= 15 is 0 Å². The molecule has 0 radical (unpaired) electrons. The molecule has 2 aromatic carbocycles. The Hall–Kier alpha value is -3.43. The van der Waals surface area contributed by atoms with Crippen LogP contribution in [0.4, 0.5) is 17.6 Å². The molecule has 0 saturated heterocycles. The summed E-state index contributed by atoms with van der Waals surface area (Å²) >= 11 is 0. The largest absolute Gasteiger partial charge is 0.478 e. The number of hydrogen-bond acceptors (Lipinski definition) is 3. The molecule has 1 fully saturated rings. The van der Waals surface area contributed by atoms with E-state index in [4.69, 9.17) is 5.11 Å². The molecular weight excluding hydrogens is 432 g/mol. The average molecular weight is 452 g/mol. The number of alkyl halides is 3. The molecule has 3 N–H and O–H groups in total. The van der Waals surface area contributed by atoms with Crippen molar-refractivity contribution >= 4 is 17.8 Å². The minimum Gasteiger partial charge on any atom is -0.478 e. The first-order chi connectivity index (χ1) is 15.0. The van der Waals surface area contributed by atoms with Crippen LogP contribution in [0, 0.1) is 11.7 Å². The zero-order valence-electron chi connectivity index (χ0n) is 16.7. The number of halogens is 4. The summed E-state index contributed by atoms with van der Waals surface area (Å²) in [6, 6.07) is 6.71. The van der Waals surface area contributed by atoms with Crippen LogP contribution >= 0.6 is 0 Å². The molecule has 3 rings (SSSR count). The maximum Gasteiger partial charge on any atom is 0.416 e. The third-order valence-corrected chi connectivity index (χ3v) is 5.06. The highest BCUT2D eigenvalue weighted by molar-refractivity contribution is 5.98. The van der Waals surface area contributed by atoms with Gasteiger partial charge in [-0.1, -0.05) is 12.1 Å². The van der Waals surface area contributed by atoms with E-state index in [0.717, 1.165) is 5.56 Å². The number of benzene rings is 2. The third kappa shape index (κ3) is 6.05. The van der Waals surface area contributed by atoms with E-state index in [9.17, 15) is 31.9 Å². The van der Waals surface area contributed by atoms with Gasteiger partial charge in [-0.05, 0) is 61.1 Å². The first-order valence-electron chi connectivity index (χ1n) is 9.83. The predicted molar refractivity (Wildman–Crippen MR) is 105 cm³/mol. The fourth-order valence-electron chi connectivity index (χ4n) is 3.19. The molecule has 0 aliphatic heterocycles. The molecule has 10 heteroatoms. The van der Waals surface area contributed by atoms with E-state index in [2.05, 4.69) is 10.6 Å². The lowest BCUT2D eigenvalue weighted by Crippen LogP contribution is -2.48. The van der Waals surface area contributed by atoms with Crippen molar-refractivity contribution in [1.29, 1.82) is 0 Å². The monoisotopic (exact) mass is 452 g/mol. The van der Waals surface area contributed by atoms with Crippen LogP contribution in [0.25, 0.3) is 0 Å². The second-order valence-electron chi connectivity index (χ2n) is 7.56. The topological polar surface area (TPSA) is 95.5 Å². The van der Waals surface area contributed by atoms with Crippen molar-refractivity contribution in [3.8, 4) is 0 Å². The molecule has 0 spiro atoms. The second kappa shape index (κ2) is 9.37. The van der Waals surface area contributed by atoms with Crippen molar-refractivity contribution in [2.24, 2.45) is 5.92 Å². The number of carbonyl (C=O) groups is 3. The highest BCUT2D eigenvalue weighted by atomic mass is 19.4. The molecule has 6 nitrogen and oxygen atoms in total. The molecule has 2 aromatic rings. The molecule has 2 amide bonds. The normalized spacial score (nSPS) is 14.5. The van der Waals surface area contributed by atoms with Gasteiger partial charge in [0.1, 0.15) is 11.9 Å². The van der Waals surface area contributed by atoms with E-state index < -0.39 is 46.9 Å². The number of hydrogen-bond donors (Lipinski definition) is 3. The van der Waals surface area contributed by atoms with Crippen molar-refractivity contribution in [2.45, 2.75) is 31.5 Å². The second-order valence-corrected chi connectivity index (χ2v) is 7.56. The van der Waals surface area contributed by atoms with Gasteiger partial charge in [-0.25, -0.2) is 9.18 Å². The zero-order chi connectivity index (χ0) is 23.5. The summed E-state index contributed by atoms with van der Waals surface area (Å²) in [5.41, 5.74) is -0.875. The Labute approximate surface area is 180 Å². The number of amides is 2. The Morgan fingerprint density at radius 1 is 1.03 bits per heavy atom. The summed E-state index contributed by atoms with van der Waals surface area (Å²) in [5, 5.41) is 14.0. The SMILES string of the molecule is O=C(O)c1ccc(CCNC(=O)C(NC(=O)c2cc(F)cc(C(F)(F)F)c2)C2CC2)cc1. The van der Waals surface area contributed by atoms with Gasteiger partial charge in [0.05, 0.1) is 11.1 Å². The maximum atomic E-state index is 13.6. The third-order valence-electron chi connectivity index (χ3n) is 5.06. The van der Waals surface area contributed by atoms with Gasteiger partial charge in [0, 0.05) is 12.1 Å². The first-order valence-corrected chi connectivity index (χ1v) is 9.83. The van der Waals surface area contributed by atoms with Crippen LogP contribution in [-0.4, -0.2) is 35.5 Å². The van der Waals surface area contributed by atoms with Crippen LogP contribution in [0.5, 0.6) is 0 Å². The molecule has 32 heavy (non-hydrogen) atoms. The number of aromatic carboxylic acids is 1. The Morgan fingerprint density at radius 3 is 2.25 bits per heavy atom. The van der Waals surface area contributed by atoms with Crippen LogP contribution in [0.15, 0.2) is 42.5 Å². The van der Waals surface area contributed by atoms with Gasteiger partial charge in [0.15, 0.2) is 0 Å². The van der Waals surface area contributed by atoms with Crippen LogP contribution in [0.3, 0.4) is 0 Å². The molecule has 170 valence electrons. The van der Waals surface area contributed by atoms with E-state index in [1.165, 1.54) is 12.1 Å². The van der Waals surface area contributed by atoms with Crippen LogP contribution in [-0.2, 0) is 17.4 Å². The lowest BCUT2D eigenvalue weighted by Gasteiger charge is -2.18. The maximum absolute atomic E-state index is 13.6. The molecular formula is C22H20F4N2O4. The van der Waals surface area contributed by atoms with Gasteiger partial charge < -0.3 is 15.7 Å². The summed E-state index contributed by atoms with van der Waals surface area (Å²) in [4.78, 5) is 35.9. The van der Waals surface area contributed by atoms with Crippen LogP contribution in [0.1, 0.15) is 44.7 Å². The number of carbonyl (C=O) groups excluding carboxylic acids is 2. The molecule has 1 aliphatic rings. The van der Waals surface area contributed by atoms with Crippen molar-refractivity contribution in [3.63, 3.8) is 0 Å². The fourth-order valence-corrected chi connectivity index (χ4v) is 3.19. The van der Waals surface area contributed by atoms with Gasteiger partial charge in [0.25, 0.3) is 5.91 Å². The van der Waals surface area contributed by atoms with E-state index in [-0.39, 0.29) is 18.0 Å². The van der Waals surface area contributed by atoms with E-state index in [1.807, 2.05) is 0 Å². The molecule has 1 unspecified atom stereocenters. The number of rotatable bonds is 8. The molecule has 0 aromatic heterocycles. The highest BCUT2D eigenvalue weighted by Crippen LogP contribution is 2.33. The summed E-state index contributed by atoms with van der Waals surface area (Å²) in [5.74, 6) is -3.86. The average Bonchev–Trinajstić information content (AvgIpc) is 3.56. The smallest absolute Gasteiger partial charge is 0.416 e. The minimum absolute atomic E-state index is 0.139. The van der Waals surface area contributed by atoms with Gasteiger partial charge >= 0.3 is 12.1 Å². The highest BCUT2D eigenvalue weighted by Gasteiger charge is 2.38. The van der Waals surface area contributed by atoms with Gasteiger partial charge in [-0.2, -0.15) is 13.2 Å². The summed E-state index contributed by atoms with van der Waals surface area (Å²) in [7, 11) is 0. The molecule has 1 saturated carbocycles. The van der Waals surface area contributed by atoms with Crippen molar-refractivity contribution in [2.75, 3.05) is 6.54 Å². The first kappa shape index (κ1) is 23.2. The van der Waals surface area contributed by atoms with Gasteiger partial charge in [-0.15, -0.1) is 0 Å². The Balaban J connectivity index is 1.60. The fraction of sp³-hybridized carbons (Fsp3) is 0.318. The van der Waals surface area contributed by atoms with Crippen LogP contribution in [0.2, 0.25) is 0 Å². The molecule has 1 aliphatic carbocycles. The number of carboxylic acids is 1. The van der Waals surface area contributed by atoms with Crippen molar-refractivity contribution < 1.29 is 37.1 Å². The zero-order valence-corrected chi connectivity index (χ0v) is 16.7. The summed E-state index contributed by atoms with van der Waals surface area (Å²) < 4.78 is 52.3. The molecule has 0 bridgehead atoms. The molecule has 0 heterocycles. The number of carboxylic acid groups (broad SMARTS) is 1. The Morgan fingerprint density at radius 2 is 1.69 bits per heavy atom. The Kier molecular flexibility index (Phi) is 6.81. The quantitative estimate of drug-likeness (QED) is 0.535. The van der Waals surface area contributed by atoms with E-state index in [1.54, 1.807) is 12.1 Å². The predicted octanol–water partition coefficient (Wildman–Crippen LogP) is 3.41. The van der Waals surface area contributed by atoms with Gasteiger partial charge in [0.2, 0.25) is 5.91 Å². The minimum atomic E-state index is -4.81. The van der Waals surface area contributed by atoms with Gasteiger partial charge in [-0.3, -0.25) is 9.59 Å². The lowest BCUT2D eigenvalue weighted by molar-refractivity contribution is -0.137. The van der Waals surface area contributed by atoms with Crippen molar-refractivity contribution in [3.05, 3.63) is 70.5 Å².